The molecule has 4 aromatic rings. The van der Waals surface area contributed by atoms with Gasteiger partial charge < -0.3 is 30.2 Å². The first-order valence-corrected chi connectivity index (χ1v) is 15.9. The largest absolute Gasteiger partial charge is 0.506 e. The summed E-state index contributed by atoms with van der Waals surface area (Å²) in [7, 11) is -1.69. The minimum Gasteiger partial charge on any atom is -0.443 e. The second-order valence-electron chi connectivity index (χ2n) is 12.9. The summed E-state index contributed by atoms with van der Waals surface area (Å²) in [6, 6.07) is 18.0. The molecular weight excluding hydrogens is 683 g/mol. The molecule has 0 radical (unpaired) electrons. The standard InChI is InChI=1S/C17H18N2O3.C9H14BNO4.C8H6BrNO/c1-17(2,3)22-16(21)19-9-5-8-13(19)12-7-4-6-11-10-18-15(20)14(11)12;1-9(2,3)15-8(12)11-6-4-5-7(11)10(13)14;9-6-3-1-2-5-4-10-8(11)7(5)6/h4-9H,10H2,1-3H3,(H,18,20);4-6,13-14H,1-3H3;1-3H,4H2,(H,10,11). The summed E-state index contributed by atoms with van der Waals surface area (Å²) in [5.74, 6) is -0.0880. The third-order valence-electron chi connectivity index (χ3n) is 6.83. The van der Waals surface area contributed by atoms with Gasteiger partial charge in [-0.25, -0.2) is 9.59 Å². The van der Waals surface area contributed by atoms with Crippen LogP contribution in [0.1, 0.15) is 73.4 Å². The van der Waals surface area contributed by atoms with Crippen molar-refractivity contribution in [3.8, 4) is 11.3 Å². The van der Waals surface area contributed by atoms with Crippen LogP contribution in [0.15, 0.2) is 77.5 Å². The Morgan fingerprint density at radius 2 is 1.23 bits per heavy atom. The fourth-order valence-electron chi connectivity index (χ4n) is 4.88. The normalized spacial score (nSPS) is 13.1. The third kappa shape index (κ3) is 8.82. The number of hydrogen-bond acceptors (Lipinski definition) is 8. The Labute approximate surface area is 287 Å². The van der Waals surface area contributed by atoms with Crippen LogP contribution >= 0.6 is 15.9 Å². The zero-order valence-corrected chi connectivity index (χ0v) is 29.1. The lowest BCUT2D eigenvalue weighted by Gasteiger charge is -2.20. The van der Waals surface area contributed by atoms with Gasteiger partial charge in [0, 0.05) is 35.5 Å². The number of ether oxygens (including phenoxy) is 2. The average Bonchev–Trinajstić information content (AvgIpc) is 3.79. The molecule has 0 aliphatic carbocycles. The van der Waals surface area contributed by atoms with Crippen molar-refractivity contribution in [1.29, 1.82) is 0 Å². The highest BCUT2D eigenvalue weighted by Crippen LogP contribution is 2.30. The fraction of sp³-hybridized carbons (Fsp3) is 0.294. The van der Waals surface area contributed by atoms with Crippen LogP contribution in [-0.2, 0) is 22.6 Å². The van der Waals surface area contributed by atoms with Gasteiger partial charge in [0.05, 0.1) is 22.4 Å². The van der Waals surface area contributed by atoms with Gasteiger partial charge in [-0.15, -0.1) is 0 Å². The lowest BCUT2D eigenvalue weighted by atomic mass is 9.86. The predicted molar refractivity (Wildman–Crippen MR) is 184 cm³/mol. The Balaban J connectivity index is 0.000000174. The predicted octanol–water partition coefficient (Wildman–Crippen LogP) is 4.83. The molecule has 0 saturated carbocycles. The summed E-state index contributed by atoms with van der Waals surface area (Å²) in [5.41, 5.74) is 3.73. The maximum absolute atomic E-state index is 12.3. The van der Waals surface area contributed by atoms with E-state index in [-0.39, 0.29) is 17.4 Å². The van der Waals surface area contributed by atoms with Gasteiger partial charge in [0.1, 0.15) is 11.2 Å². The Kier molecular flexibility index (Phi) is 11.0. The van der Waals surface area contributed by atoms with Crippen LogP contribution in [0.4, 0.5) is 9.59 Å². The Morgan fingerprint density at radius 3 is 1.79 bits per heavy atom. The number of halogens is 1. The number of aromatic nitrogens is 2. The van der Waals surface area contributed by atoms with E-state index in [1.54, 1.807) is 39.1 Å². The molecule has 2 aromatic heterocycles. The van der Waals surface area contributed by atoms with Crippen LogP contribution in [-0.4, -0.2) is 61.5 Å². The highest BCUT2D eigenvalue weighted by molar-refractivity contribution is 9.10. The van der Waals surface area contributed by atoms with Crippen molar-refractivity contribution in [3.63, 3.8) is 0 Å². The Hall–Kier alpha value is -4.66. The van der Waals surface area contributed by atoms with E-state index in [4.69, 9.17) is 19.5 Å². The maximum atomic E-state index is 12.3. The molecule has 2 aliphatic heterocycles. The molecule has 0 bridgehead atoms. The molecular formula is C34H38BBrN4O8. The molecule has 0 atom stereocenters. The van der Waals surface area contributed by atoms with E-state index in [9.17, 15) is 19.2 Å². The first-order valence-electron chi connectivity index (χ1n) is 15.1. The van der Waals surface area contributed by atoms with E-state index in [0.717, 1.165) is 31.3 Å². The SMILES string of the molecule is CC(C)(C)OC(=O)n1cccc1-c1cccc2c1C(=O)NC2.CC(C)(C)OC(=O)n1cccc1B(O)O.O=C1NCc2cccc(Br)c21. The van der Waals surface area contributed by atoms with Crippen LogP contribution in [0.3, 0.4) is 0 Å². The van der Waals surface area contributed by atoms with E-state index < -0.39 is 30.5 Å². The summed E-state index contributed by atoms with van der Waals surface area (Å²) < 4.78 is 13.9. The topological polar surface area (TPSA) is 161 Å². The van der Waals surface area contributed by atoms with Crippen molar-refractivity contribution in [2.24, 2.45) is 0 Å². The van der Waals surface area contributed by atoms with Gasteiger partial charge in [-0.1, -0.05) is 30.3 Å². The van der Waals surface area contributed by atoms with E-state index in [0.29, 0.717) is 24.3 Å². The average molecular weight is 721 g/mol. The minimum atomic E-state index is -1.69. The molecule has 2 aromatic carbocycles. The van der Waals surface area contributed by atoms with Gasteiger partial charge in [0.2, 0.25) is 0 Å². The minimum absolute atomic E-state index is 0.0208. The van der Waals surface area contributed by atoms with Crippen molar-refractivity contribution in [3.05, 3.63) is 99.8 Å². The van der Waals surface area contributed by atoms with Crippen LogP contribution in [0.5, 0.6) is 0 Å². The van der Waals surface area contributed by atoms with Crippen molar-refractivity contribution in [1.82, 2.24) is 19.8 Å². The molecule has 4 N–H and O–H groups in total. The lowest BCUT2D eigenvalue weighted by molar-refractivity contribution is 0.0529. The number of nitrogens with zero attached hydrogens (tertiary/aromatic N) is 2. The summed E-state index contributed by atoms with van der Waals surface area (Å²) in [6.45, 7) is 11.9. The number of hydrogen-bond donors (Lipinski definition) is 4. The van der Waals surface area contributed by atoms with E-state index in [1.165, 1.54) is 16.8 Å². The summed E-state index contributed by atoms with van der Waals surface area (Å²) in [4.78, 5) is 47.1. The molecule has 252 valence electrons. The maximum Gasteiger partial charge on any atom is 0.506 e. The van der Waals surface area contributed by atoms with E-state index in [1.807, 2.05) is 63.2 Å². The number of benzene rings is 2. The van der Waals surface area contributed by atoms with Gasteiger partial charge in [-0.2, -0.15) is 0 Å². The van der Waals surface area contributed by atoms with Gasteiger partial charge in [0.25, 0.3) is 11.8 Å². The second kappa shape index (κ2) is 14.6. The van der Waals surface area contributed by atoms with Gasteiger partial charge in [-0.3, -0.25) is 18.7 Å². The number of rotatable bonds is 2. The first kappa shape index (κ1) is 36.2. The van der Waals surface area contributed by atoms with E-state index >= 15 is 0 Å². The monoisotopic (exact) mass is 720 g/mol. The number of carbonyl (C=O) groups is 4. The highest BCUT2D eigenvalue weighted by atomic mass is 79.9. The number of fused-ring (bicyclic) bond motifs is 2. The Bertz CT molecular complexity index is 1830. The van der Waals surface area contributed by atoms with Crippen LogP contribution < -0.4 is 16.2 Å². The smallest absolute Gasteiger partial charge is 0.443 e. The van der Waals surface area contributed by atoms with Crippen molar-refractivity contribution >= 4 is 52.6 Å². The van der Waals surface area contributed by atoms with Gasteiger partial charge >= 0.3 is 19.3 Å². The molecule has 4 heterocycles. The Morgan fingerprint density at radius 1 is 0.729 bits per heavy atom. The quantitative estimate of drug-likeness (QED) is 0.214. The third-order valence-corrected chi connectivity index (χ3v) is 7.49. The van der Waals surface area contributed by atoms with Crippen LogP contribution in [0.2, 0.25) is 0 Å². The lowest BCUT2D eigenvalue weighted by Crippen LogP contribution is -2.40. The van der Waals surface area contributed by atoms with Crippen LogP contribution in [0, 0.1) is 0 Å². The first-order chi connectivity index (χ1) is 22.5. The summed E-state index contributed by atoms with van der Waals surface area (Å²) in [5, 5.41) is 23.5. The summed E-state index contributed by atoms with van der Waals surface area (Å²) >= 11 is 3.33. The molecule has 48 heavy (non-hydrogen) atoms. The van der Waals surface area contributed by atoms with Gasteiger partial charge in [-0.05, 0) is 98.9 Å². The molecule has 2 amide bonds. The molecule has 14 heteroatoms. The molecule has 2 aliphatic rings. The number of carbonyl (C=O) groups excluding carboxylic acids is 4. The van der Waals surface area contributed by atoms with Crippen molar-refractivity contribution < 1.29 is 38.7 Å². The van der Waals surface area contributed by atoms with Crippen molar-refractivity contribution in [2.75, 3.05) is 0 Å². The molecule has 0 spiro atoms. The molecule has 6 rings (SSSR count). The number of nitrogens with one attached hydrogen (secondary N) is 2. The second-order valence-corrected chi connectivity index (χ2v) is 13.7. The summed E-state index contributed by atoms with van der Waals surface area (Å²) in [6.07, 6.45) is 1.98. The zero-order chi connectivity index (χ0) is 35.4. The fourth-order valence-corrected chi connectivity index (χ4v) is 5.47. The van der Waals surface area contributed by atoms with Crippen molar-refractivity contribution in [2.45, 2.75) is 65.8 Å². The highest BCUT2D eigenvalue weighted by Gasteiger charge is 2.27. The molecule has 0 unspecified atom stereocenters. The molecule has 0 fully saturated rings. The zero-order valence-electron chi connectivity index (χ0n) is 27.5. The van der Waals surface area contributed by atoms with E-state index in [2.05, 4.69) is 26.6 Å². The molecule has 12 nitrogen and oxygen atoms in total. The van der Waals surface area contributed by atoms with Crippen LogP contribution in [0.25, 0.3) is 11.3 Å². The number of amides is 2. The molecule has 0 saturated heterocycles. The van der Waals surface area contributed by atoms with Gasteiger partial charge in [0.15, 0.2) is 0 Å².